The topological polar surface area (TPSA) is 53.4 Å². The van der Waals surface area contributed by atoms with Crippen LogP contribution in [0.2, 0.25) is 0 Å². The Hall–Kier alpha value is -1.42. The van der Waals surface area contributed by atoms with E-state index in [2.05, 4.69) is 4.98 Å². The van der Waals surface area contributed by atoms with Gasteiger partial charge in [-0.2, -0.15) is 0 Å². The number of aryl methyl sites for hydroxylation is 1. The summed E-state index contributed by atoms with van der Waals surface area (Å²) in [4.78, 5) is 17.6. The van der Waals surface area contributed by atoms with E-state index < -0.39 is 5.60 Å². The Bertz CT molecular complexity index is 393. The molecule has 1 aliphatic rings. The normalized spacial score (nSPS) is 18.5. The maximum atomic E-state index is 11.9. The molecule has 0 atom stereocenters. The summed E-state index contributed by atoms with van der Waals surface area (Å²) in [5.74, 6) is -0.0976. The molecular weight excluding hydrogens is 192 g/mol. The van der Waals surface area contributed by atoms with E-state index >= 15 is 0 Å². The summed E-state index contributed by atoms with van der Waals surface area (Å²) in [6, 6.07) is 3.66. The van der Waals surface area contributed by atoms with Gasteiger partial charge in [-0.1, -0.05) is 6.07 Å². The molecule has 15 heavy (non-hydrogen) atoms. The molecule has 1 amide bonds. The van der Waals surface area contributed by atoms with Crippen LogP contribution < -0.4 is 0 Å². The van der Waals surface area contributed by atoms with Crippen molar-refractivity contribution in [2.45, 2.75) is 19.4 Å². The average molecular weight is 206 g/mol. The first-order valence-corrected chi connectivity index (χ1v) is 4.93. The maximum absolute atomic E-state index is 11.9. The van der Waals surface area contributed by atoms with Crippen LogP contribution in [-0.2, 0) is 0 Å². The fourth-order valence-corrected chi connectivity index (χ4v) is 1.78. The molecule has 0 spiro atoms. The molecule has 0 radical (unpaired) electrons. The number of likely N-dealkylation sites (tertiary alicyclic amines) is 1. The molecule has 0 bridgehead atoms. The van der Waals surface area contributed by atoms with Gasteiger partial charge >= 0.3 is 0 Å². The highest BCUT2D eigenvalue weighted by atomic mass is 16.3. The minimum atomic E-state index is -0.724. The molecule has 1 aromatic heterocycles. The van der Waals surface area contributed by atoms with Crippen molar-refractivity contribution in [3.8, 4) is 0 Å². The molecule has 0 aromatic carbocycles. The molecule has 2 heterocycles. The molecule has 0 saturated carbocycles. The Morgan fingerprint density at radius 3 is 2.80 bits per heavy atom. The number of aliphatic hydroxyl groups is 1. The van der Waals surface area contributed by atoms with Gasteiger partial charge in [-0.3, -0.25) is 9.78 Å². The van der Waals surface area contributed by atoms with E-state index in [1.807, 2.05) is 13.0 Å². The van der Waals surface area contributed by atoms with E-state index in [0.29, 0.717) is 18.8 Å². The SMILES string of the molecule is Cc1cccnc1C(=O)N1CC(C)(O)C1. The van der Waals surface area contributed by atoms with E-state index in [1.54, 1.807) is 24.1 Å². The molecule has 0 unspecified atom stereocenters. The smallest absolute Gasteiger partial charge is 0.272 e. The third-order valence-corrected chi connectivity index (χ3v) is 2.56. The fourth-order valence-electron chi connectivity index (χ4n) is 1.78. The van der Waals surface area contributed by atoms with Crippen molar-refractivity contribution in [1.29, 1.82) is 0 Å². The summed E-state index contributed by atoms with van der Waals surface area (Å²) in [7, 11) is 0. The summed E-state index contributed by atoms with van der Waals surface area (Å²) in [5, 5.41) is 9.53. The number of hydrogen-bond donors (Lipinski definition) is 1. The molecule has 80 valence electrons. The predicted molar refractivity (Wildman–Crippen MR) is 55.5 cm³/mol. The Balaban J connectivity index is 2.14. The fraction of sp³-hybridized carbons (Fsp3) is 0.455. The number of aromatic nitrogens is 1. The van der Waals surface area contributed by atoms with Gasteiger partial charge in [0.15, 0.2) is 0 Å². The molecule has 1 N–H and O–H groups in total. The van der Waals surface area contributed by atoms with Crippen molar-refractivity contribution >= 4 is 5.91 Å². The summed E-state index contributed by atoms with van der Waals surface area (Å²) in [5.41, 5.74) is 0.625. The predicted octanol–water partition coefficient (Wildman–Crippen LogP) is 0.597. The highest BCUT2D eigenvalue weighted by Crippen LogP contribution is 2.22. The lowest BCUT2D eigenvalue weighted by molar-refractivity contribution is -0.0671. The minimum absolute atomic E-state index is 0.0976. The van der Waals surface area contributed by atoms with Gasteiger partial charge in [0.25, 0.3) is 5.91 Å². The lowest BCUT2D eigenvalue weighted by Gasteiger charge is -2.44. The highest BCUT2D eigenvalue weighted by Gasteiger charge is 2.40. The number of nitrogens with zero attached hydrogens (tertiary/aromatic N) is 2. The quantitative estimate of drug-likeness (QED) is 0.732. The highest BCUT2D eigenvalue weighted by molar-refractivity contribution is 5.94. The van der Waals surface area contributed by atoms with Crippen molar-refractivity contribution in [2.75, 3.05) is 13.1 Å². The molecule has 1 fully saturated rings. The standard InChI is InChI=1S/C11H14N2O2/c1-8-4-3-5-12-9(8)10(14)13-6-11(2,15)7-13/h3-5,15H,6-7H2,1-2H3. The van der Waals surface area contributed by atoms with Gasteiger partial charge in [0, 0.05) is 6.20 Å². The molecule has 0 aliphatic carbocycles. The Morgan fingerprint density at radius 1 is 1.60 bits per heavy atom. The Labute approximate surface area is 88.6 Å². The summed E-state index contributed by atoms with van der Waals surface area (Å²) < 4.78 is 0. The second-order valence-electron chi connectivity index (χ2n) is 4.33. The number of carbonyl (C=O) groups excluding carboxylic acids is 1. The van der Waals surface area contributed by atoms with E-state index in [9.17, 15) is 9.90 Å². The Morgan fingerprint density at radius 2 is 2.27 bits per heavy atom. The van der Waals surface area contributed by atoms with E-state index in [1.165, 1.54) is 0 Å². The maximum Gasteiger partial charge on any atom is 0.272 e. The molecular formula is C11H14N2O2. The third-order valence-electron chi connectivity index (χ3n) is 2.56. The van der Waals surface area contributed by atoms with Crippen LogP contribution in [0.1, 0.15) is 23.0 Å². The van der Waals surface area contributed by atoms with Crippen LogP contribution in [0, 0.1) is 6.92 Å². The van der Waals surface area contributed by atoms with Crippen LogP contribution in [0.25, 0.3) is 0 Å². The van der Waals surface area contributed by atoms with Crippen LogP contribution in [-0.4, -0.2) is 39.6 Å². The number of carbonyl (C=O) groups is 1. The van der Waals surface area contributed by atoms with Crippen molar-refractivity contribution in [3.63, 3.8) is 0 Å². The number of amides is 1. The molecule has 1 aliphatic heterocycles. The van der Waals surface area contributed by atoms with E-state index in [-0.39, 0.29) is 5.91 Å². The number of pyridine rings is 1. The van der Waals surface area contributed by atoms with Gasteiger partial charge in [-0.25, -0.2) is 0 Å². The van der Waals surface area contributed by atoms with Crippen molar-refractivity contribution in [3.05, 3.63) is 29.6 Å². The largest absolute Gasteiger partial charge is 0.386 e. The first-order chi connectivity index (χ1) is 6.99. The zero-order valence-corrected chi connectivity index (χ0v) is 8.90. The summed E-state index contributed by atoms with van der Waals surface area (Å²) >= 11 is 0. The van der Waals surface area contributed by atoms with Crippen molar-refractivity contribution in [2.24, 2.45) is 0 Å². The number of β-amino-alcohol motifs (C(OH)–C–C–N with tert-alkyl or cyclic N) is 1. The van der Waals surface area contributed by atoms with Crippen LogP contribution in [0.3, 0.4) is 0 Å². The first-order valence-electron chi connectivity index (χ1n) is 4.93. The van der Waals surface area contributed by atoms with Crippen molar-refractivity contribution < 1.29 is 9.90 Å². The third kappa shape index (κ3) is 1.85. The zero-order chi connectivity index (χ0) is 11.1. The van der Waals surface area contributed by atoms with Crippen LogP contribution in [0.15, 0.2) is 18.3 Å². The van der Waals surface area contributed by atoms with Gasteiger partial charge in [0.05, 0.1) is 18.7 Å². The van der Waals surface area contributed by atoms with Crippen LogP contribution >= 0.6 is 0 Å². The Kier molecular flexibility index (Phi) is 2.23. The van der Waals surface area contributed by atoms with Crippen LogP contribution in [0.4, 0.5) is 0 Å². The summed E-state index contributed by atoms with van der Waals surface area (Å²) in [6.45, 7) is 4.36. The van der Waals surface area contributed by atoms with Crippen molar-refractivity contribution in [1.82, 2.24) is 9.88 Å². The lowest BCUT2D eigenvalue weighted by atomic mass is 9.96. The zero-order valence-electron chi connectivity index (χ0n) is 8.90. The molecule has 2 rings (SSSR count). The first kappa shape index (κ1) is 10.1. The van der Waals surface area contributed by atoms with Gasteiger partial charge in [0.2, 0.25) is 0 Å². The summed E-state index contributed by atoms with van der Waals surface area (Å²) in [6.07, 6.45) is 1.61. The second-order valence-corrected chi connectivity index (χ2v) is 4.33. The van der Waals surface area contributed by atoms with Gasteiger partial charge in [0.1, 0.15) is 5.69 Å². The lowest BCUT2D eigenvalue weighted by Crippen LogP contribution is -2.61. The second kappa shape index (κ2) is 3.31. The van der Waals surface area contributed by atoms with Gasteiger partial charge in [-0.05, 0) is 25.5 Å². The van der Waals surface area contributed by atoms with Gasteiger partial charge < -0.3 is 10.0 Å². The monoisotopic (exact) mass is 206 g/mol. The average Bonchev–Trinajstić information content (AvgIpc) is 2.14. The van der Waals surface area contributed by atoms with Gasteiger partial charge in [-0.15, -0.1) is 0 Å². The molecule has 4 nitrogen and oxygen atoms in total. The molecule has 4 heteroatoms. The number of hydrogen-bond acceptors (Lipinski definition) is 3. The van der Waals surface area contributed by atoms with E-state index in [0.717, 1.165) is 5.56 Å². The minimum Gasteiger partial charge on any atom is -0.386 e. The molecule has 1 saturated heterocycles. The van der Waals surface area contributed by atoms with Crippen LogP contribution in [0.5, 0.6) is 0 Å². The number of rotatable bonds is 1. The van der Waals surface area contributed by atoms with E-state index in [4.69, 9.17) is 0 Å². The molecule has 1 aromatic rings.